The maximum absolute atomic E-state index is 2.45. The van der Waals surface area contributed by atoms with Gasteiger partial charge in [-0.25, -0.2) is 0 Å². The lowest BCUT2D eigenvalue weighted by Crippen LogP contribution is -2.28. The molecule has 3 atom stereocenters. The van der Waals surface area contributed by atoms with Gasteiger partial charge >= 0.3 is 0 Å². The van der Waals surface area contributed by atoms with E-state index in [9.17, 15) is 0 Å². The van der Waals surface area contributed by atoms with Gasteiger partial charge in [-0.05, 0) is 35.5 Å². The number of hydrogen-bond donors (Lipinski definition) is 0. The molecule has 1 aliphatic rings. The van der Waals surface area contributed by atoms with Gasteiger partial charge in [0.25, 0.3) is 0 Å². The Morgan fingerprint density at radius 2 is 1.58 bits per heavy atom. The van der Waals surface area contributed by atoms with Crippen LogP contribution in [0.15, 0.2) is 0 Å². The Hall–Kier alpha value is 0. The SMILES string of the molecule is CC(C)C(C)C(C)(C)C1CC1C. The molecule has 1 rings (SSSR count). The summed E-state index contributed by atoms with van der Waals surface area (Å²) in [7, 11) is 0. The molecule has 0 spiro atoms. The molecular formula is C12H24. The van der Waals surface area contributed by atoms with E-state index >= 15 is 0 Å². The third-order valence-electron chi connectivity index (χ3n) is 4.24. The molecule has 0 aliphatic heterocycles. The highest BCUT2D eigenvalue weighted by Gasteiger charge is 2.47. The molecule has 0 aromatic heterocycles. The molecule has 0 aromatic rings. The van der Waals surface area contributed by atoms with Gasteiger partial charge in [0.2, 0.25) is 0 Å². The lowest BCUT2D eigenvalue weighted by atomic mass is 9.70. The van der Waals surface area contributed by atoms with E-state index in [4.69, 9.17) is 0 Å². The van der Waals surface area contributed by atoms with E-state index in [1.807, 2.05) is 0 Å². The lowest BCUT2D eigenvalue weighted by Gasteiger charge is -2.35. The zero-order valence-electron chi connectivity index (χ0n) is 9.52. The fraction of sp³-hybridized carbons (Fsp3) is 1.00. The van der Waals surface area contributed by atoms with Crippen LogP contribution in [0.25, 0.3) is 0 Å². The molecule has 0 aromatic carbocycles. The van der Waals surface area contributed by atoms with Gasteiger partial charge < -0.3 is 0 Å². The average Bonchev–Trinajstić information content (AvgIpc) is 2.65. The molecule has 3 unspecified atom stereocenters. The van der Waals surface area contributed by atoms with Crippen molar-refractivity contribution in [3.8, 4) is 0 Å². The quantitative estimate of drug-likeness (QED) is 0.598. The van der Waals surface area contributed by atoms with Crippen LogP contribution in [0, 0.1) is 29.1 Å². The fourth-order valence-electron chi connectivity index (χ4n) is 2.56. The van der Waals surface area contributed by atoms with Gasteiger partial charge in [-0.2, -0.15) is 0 Å². The second-order valence-electron chi connectivity index (χ2n) is 5.67. The normalized spacial score (nSPS) is 32.2. The van der Waals surface area contributed by atoms with E-state index in [2.05, 4.69) is 41.5 Å². The second kappa shape index (κ2) is 3.05. The Morgan fingerprint density at radius 3 is 1.83 bits per heavy atom. The van der Waals surface area contributed by atoms with Crippen LogP contribution in [-0.2, 0) is 0 Å². The summed E-state index contributed by atoms with van der Waals surface area (Å²) in [6.07, 6.45) is 1.46. The first-order chi connectivity index (χ1) is 5.37. The predicted molar refractivity (Wildman–Crippen MR) is 55.1 cm³/mol. The largest absolute Gasteiger partial charge is 0.0625 e. The van der Waals surface area contributed by atoms with Crippen molar-refractivity contribution >= 4 is 0 Å². The highest BCUT2D eigenvalue weighted by atomic mass is 14.5. The van der Waals surface area contributed by atoms with Crippen LogP contribution in [0.2, 0.25) is 0 Å². The minimum Gasteiger partial charge on any atom is -0.0625 e. The average molecular weight is 168 g/mol. The molecule has 1 fully saturated rings. The smallest absolute Gasteiger partial charge is 0.0295 e. The zero-order chi connectivity index (χ0) is 9.52. The molecule has 0 N–H and O–H groups in total. The summed E-state index contributed by atoms with van der Waals surface area (Å²) in [5, 5.41) is 0. The van der Waals surface area contributed by atoms with Gasteiger partial charge in [-0.1, -0.05) is 41.5 Å². The van der Waals surface area contributed by atoms with Crippen LogP contribution in [0.1, 0.15) is 48.0 Å². The van der Waals surface area contributed by atoms with Gasteiger partial charge in [0.1, 0.15) is 0 Å². The Labute approximate surface area is 77.7 Å². The van der Waals surface area contributed by atoms with E-state index in [-0.39, 0.29) is 0 Å². The third kappa shape index (κ3) is 1.67. The Bertz CT molecular complexity index is 155. The predicted octanol–water partition coefficient (Wildman–Crippen LogP) is 3.96. The van der Waals surface area contributed by atoms with Crippen LogP contribution >= 0.6 is 0 Å². The third-order valence-corrected chi connectivity index (χ3v) is 4.24. The summed E-state index contributed by atoms with van der Waals surface area (Å²) in [5.74, 6) is 3.66. The van der Waals surface area contributed by atoms with Crippen LogP contribution in [0.3, 0.4) is 0 Å². The Kier molecular flexibility index (Phi) is 2.56. The van der Waals surface area contributed by atoms with Gasteiger partial charge in [-0.15, -0.1) is 0 Å². The molecule has 0 amide bonds. The Morgan fingerprint density at radius 1 is 1.17 bits per heavy atom. The second-order valence-corrected chi connectivity index (χ2v) is 5.67. The van der Waals surface area contributed by atoms with Gasteiger partial charge in [0.15, 0.2) is 0 Å². The minimum atomic E-state index is 0.563. The van der Waals surface area contributed by atoms with Crippen LogP contribution in [-0.4, -0.2) is 0 Å². The van der Waals surface area contributed by atoms with E-state index in [0.717, 1.165) is 23.7 Å². The van der Waals surface area contributed by atoms with Crippen molar-refractivity contribution in [1.82, 2.24) is 0 Å². The summed E-state index contributed by atoms with van der Waals surface area (Å²) in [6.45, 7) is 14.4. The number of hydrogen-bond acceptors (Lipinski definition) is 0. The molecule has 1 saturated carbocycles. The standard InChI is InChI=1S/C12H24/c1-8(2)10(4)12(5,6)11-7-9(11)3/h8-11H,7H2,1-6H3. The maximum Gasteiger partial charge on any atom is -0.0295 e. The van der Waals surface area contributed by atoms with Crippen LogP contribution in [0.4, 0.5) is 0 Å². The summed E-state index contributed by atoms with van der Waals surface area (Å²) in [5.41, 5.74) is 0.563. The molecule has 12 heavy (non-hydrogen) atoms. The van der Waals surface area contributed by atoms with Crippen molar-refractivity contribution in [1.29, 1.82) is 0 Å². The van der Waals surface area contributed by atoms with E-state index in [1.165, 1.54) is 6.42 Å². The van der Waals surface area contributed by atoms with E-state index in [1.54, 1.807) is 0 Å². The van der Waals surface area contributed by atoms with Crippen LogP contribution in [0.5, 0.6) is 0 Å². The summed E-state index contributed by atoms with van der Waals surface area (Å²) in [4.78, 5) is 0. The van der Waals surface area contributed by atoms with Crippen molar-refractivity contribution in [3.63, 3.8) is 0 Å². The first kappa shape index (κ1) is 10.1. The maximum atomic E-state index is 2.45. The molecule has 0 saturated heterocycles. The monoisotopic (exact) mass is 168 g/mol. The lowest BCUT2D eigenvalue weighted by molar-refractivity contribution is 0.138. The van der Waals surface area contributed by atoms with E-state index in [0.29, 0.717) is 5.41 Å². The minimum absolute atomic E-state index is 0.563. The van der Waals surface area contributed by atoms with Crippen LogP contribution < -0.4 is 0 Å². The topological polar surface area (TPSA) is 0 Å². The molecule has 0 heteroatoms. The van der Waals surface area contributed by atoms with Gasteiger partial charge in [0.05, 0.1) is 0 Å². The van der Waals surface area contributed by atoms with Crippen molar-refractivity contribution in [2.75, 3.05) is 0 Å². The van der Waals surface area contributed by atoms with Crippen molar-refractivity contribution in [2.24, 2.45) is 29.1 Å². The van der Waals surface area contributed by atoms with Gasteiger partial charge in [0, 0.05) is 0 Å². The summed E-state index contributed by atoms with van der Waals surface area (Å²) >= 11 is 0. The zero-order valence-corrected chi connectivity index (χ0v) is 9.52. The number of rotatable bonds is 3. The molecule has 0 bridgehead atoms. The first-order valence-electron chi connectivity index (χ1n) is 5.37. The highest BCUT2D eigenvalue weighted by molar-refractivity contribution is 4.96. The summed E-state index contributed by atoms with van der Waals surface area (Å²) < 4.78 is 0. The molecule has 72 valence electrons. The first-order valence-corrected chi connectivity index (χ1v) is 5.37. The molecule has 1 aliphatic carbocycles. The fourth-order valence-corrected chi connectivity index (χ4v) is 2.56. The van der Waals surface area contributed by atoms with E-state index < -0.39 is 0 Å². The van der Waals surface area contributed by atoms with Crippen molar-refractivity contribution in [3.05, 3.63) is 0 Å². The van der Waals surface area contributed by atoms with Crippen molar-refractivity contribution < 1.29 is 0 Å². The molecule has 0 radical (unpaired) electrons. The highest BCUT2D eigenvalue weighted by Crippen LogP contribution is 2.55. The van der Waals surface area contributed by atoms with Crippen molar-refractivity contribution in [2.45, 2.75) is 48.0 Å². The molecular weight excluding hydrogens is 144 g/mol. The van der Waals surface area contributed by atoms with Gasteiger partial charge in [-0.3, -0.25) is 0 Å². The molecule has 0 heterocycles. The Balaban J connectivity index is 2.58. The molecule has 0 nitrogen and oxygen atoms in total. The summed E-state index contributed by atoms with van der Waals surface area (Å²) in [6, 6.07) is 0.